The van der Waals surface area contributed by atoms with E-state index in [1.54, 1.807) is 0 Å². The molecule has 0 radical (unpaired) electrons. The highest BCUT2D eigenvalue weighted by Gasteiger charge is 2.47. The van der Waals surface area contributed by atoms with Gasteiger partial charge in [-0.3, -0.25) is 19.2 Å². The summed E-state index contributed by atoms with van der Waals surface area (Å²) in [5.74, 6) is -2.62. The normalized spacial score (nSPS) is 20.9. The first-order valence-corrected chi connectivity index (χ1v) is 19.4. The maximum atomic E-state index is 14.3. The number of aldehydes is 1. The van der Waals surface area contributed by atoms with Gasteiger partial charge < -0.3 is 29.7 Å². The predicted molar refractivity (Wildman–Crippen MR) is 211 cm³/mol. The number of ketones is 1. The van der Waals surface area contributed by atoms with Crippen molar-refractivity contribution in [1.29, 1.82) is 0 Å². The number of nitrogens with one attached hydrogen (secondary N) is 4. The molecule has 3 aromatic heterocycles. The fourth-order valence-corrected chi connectivity index (χ4v) is 8.62. The number of hydrogen-bond acceptors (Lipinski definition) is 7. The lowest BCUT2D eigenvalue weighted by atomic mass is 9.82. The van der Waals surface area contributed by atoms with Crippen molar-refractivity contribution in [2.45, 2.75) is 106 Å². The Kier molecular flexibility index (Phi) is 11.5. The van der Waals surface area contributed by atoms with Crippen LogP contribution in [0.2, 0.25) is 0 Å². The van der Waals surface area contributed by atoms with Crippen molar-refractivity contribution in [2.24, 2.45) is 11.8 Å². The monoisotopic (exact) mass is 734 g/mol. The number of carbonyl (C=O) groups is 4. The van der Waals surface area contributed by atoms with E-state index >= 15 is 0 Å². The first kappa shape index (κ1) is 38.6. The molecular formula is C44H54N4O6. The predicted octanol–water partition coefficient (Wildman–Crippen LogP) is 4.52. The minimum absolute atomic E-state index is 0.171. The van der Waals surface area contributed by atoms with Crippen LogP contribution in [0.4, 0.5) is 0 Å². The number of ether oxygens (including phenoxy) is 2. The van der Waals surface area contributed by atoms with Crippen molar-refractivity contribution in [3.8, 4) is 0 Å². The first-order chi connectivity index (χ1) is 26.0. The number of H-pyrrole nitrogens is 3. The Hall–Kier alpha value is -5.12. The van der Waals surface area contributed by atoms with Gasteiger partial charge in [0.05, 0.1) is 24.2 Å². The summed E-state index contributed by atoms with van der Waals surface area (Å²) in [6, 6.07) is -0.491. The third-order valence-electron chi connectivity index (χ3n) is 11.7. The van der Waals surface area contributed by atoms with E-state index in [2.05, 4.69) is 54.0 Å². The number of fused-ring (bicyclic) bond motifs is 8. The minimum atomic E-state index is -1.15. The summed E-state index contributed by atoms with van der Waals surface area (Å²) >= 11 is 0. The van der Waals surface area contributed by atoms with Crippen LogP contribution in [0.15, 0.2) is 22.9 Å². The van der Waals surface area contributed by atoms with Gasteiger partial charge in [0.1, 0.15) is 12.5 Å². The number of hydrogen-bond donors (Lipinski definition) is 4. The molecule has 3 aliphatic rings. The average Bonchev–Trinajstić information content (AvgIpc) is 3.90. The molecule has 0 fully saturated rings. The van der Waals surface area contributed by atoms with Crippen LogP contribution in [0, 0.1) is 25.7 Å². The van der Waals surface area contributed by atoms with E-state index in [0.717, 1.165) is 76.3 Å². The number of aromatic amines is 3. The van der Waals surface area contributed by atoms with Gasteiger partial charge in [-0.15, -0.1) is 0 Å². The smallest absolute Gasteiger partial charge is 0.320 e. The molecule has 4 N–H and O–H groups in total. The van der Waals surface area contributed by atoms with Gasteiger partial charge in [-0.2, -0.15) is 0 Å². The lowest BCUT2D eigenvalue weighted by Crippen LogP contribution is -2.39. The van der Waals surface area contributed by atoms with E-state index in [9.17, 15) is 19.2 Å². The van der Waals surface area contributed by atoms with Crippen molar-refractivity contribution >= 4 is 47.8 Å². The Morgan fingerprint density at radius 2 is 1.59 bits per heavy atom. The Bertz CT molecular complexity index is 2330. The van der Waals surface area contributed by atoms with Crippen LogP contribution in [0.5, 0.6) is 0 Å². The third-order valence-corrected chi connectivity index (χ3v) is 11.7. The Balaban J connectivity index is 1.52. The third kappa shape index (κ3) is 6.98. The molecule has 8 bridgehead atoms. The summed E-state index contributed by atoms with van der Waals surface area (Å²) < 4.78 is 10.9. The van der Waals surface area contributed by atoms with Crippen LogP contribution in [-0.2, 0) is 31.9 Å². The molecule has 54 heavy (non-hydrogen) atoms. The zero-order valence-electron chi connectivity index (χ0n) is 32.9. The van der Waals surface area contributed by atoms with Gasteiger partial charge in [-0.05, 0) is 118 Å². The Labute approximate surface area is 316 Å². The summed E-state index contributed by atoms with van der Waals surface area (Å²) in [5, 5.41) is 6.84. The molecule has 10 heteroatoms. The number of carbonyl (C=O) groups excluding carboxylic acids is 4. The SMILES string of the molecule is CCCCC/C(C)=C/COC(=O)CC[C@H]1C(C)=C2/C=c3\[nH]/c(c(CC)c3C)=C\c3[nH]c(c(CC)c3C=O)/C=c3\[nH]c4c(c3C)C(=O)[C@H](C(=O)OC)C=4C1N2. The Morgan fingerprint density at radius 1 is 0.870 bits per heavy atom. The molecule has 2 aliphatic heterocycles. The topological polar surface area (TPSA) is 146 Å². The lowest BCUT2D eigenvalue weighted by molar-refractivity contribution is -0.143. The van der Waals surface area contributed by atoms with E-state index in [-0.39, 0.29) is 30.7 Å². The first-order valence-electron chi connectivity index (χ1n) is 19.4. The van der Waals surface area contributed by atoms with Gasteiger partial charge in [0.2, 0.25) is 0 Å². The zero-order valence-corrected chi connectivity index (χ0v) is 32.9. The van der Waals surface area contributed by atoms with Gasteiger partial charge in [0.25, 0.3) is 0 Å². The van der Waals surface area contributed by atoms with E-state index in [1.807, 2.05) is 39.0 Å². The molecule has 286 valence electrons. The van der Waals surface area contributed by atoms with Gasteiger partial charge >= 0.3 is 11.9 Å². The lowest BCUT2D eigenvalue weighted by Gasteiger charge is -2.26. The second kappa shape index (κ2) is 16.1. The van der Waals surface area contributed by atoms with Gasteiger partial charge in [-0.1, -0.05) is 39.2 Å². The molecule has 6 rings (SSSR count). The van der Waals surface area contributed by atoms with Gasteiger partial charge in [-0.25, -0.2) is 0 Å². The quantitative estimate of drug-likeness (QED) is 0.0664. The molecule has 3 atom stereocenters. The summed E-state index contributed by atoms with van der Waals surface area (Å²) in [6.45, 7) is 14.6. The highest BCUT2D eigenvalue weighted by Crippen LogP contribution is 2.39. The molecular weight excluding hydrogens is 681 g/mol. The highest BCUT2D eigenvalue weighted by molar-refractivity contribution is 6.19. The van der Waals surface area contributed by atoms with Crippen molar-refractivity contribution in [2.75, 3.05) is 13.7 Å². The molecule has 3 aromatic rings. The van der Waals surface area contributed by atoms with Gasteiger partial charge in [0.15, 0.2) is 12.1 Å². The van der Waals surface area contributed by atoms with Crippen LogP contribution < -0.4 is 26.7 Å². The second-order valence-electron chi connectivity index (χ2n) is 14.9. The van der Waals surface area contributed by atoms with Crippen molar-refractivity contribution in [1.82, 2.24) is 20.3 Å². The van der Waals surface area contributed by atoms with Crippen LogP contribution in [0.1, 0.15) is 128 Å². The molecule has 0 saturated carbocycles. The molecule has 10 nitrogen and oxygen atoms in total. The number of aromatic nitrogens is 3. The molecule has 1 aliphatic carbocycles. The van der Waals surface area contributed by atoms with E-state index in [1.165, 1.54) is 19.1 Å². The summed E-state index contributed by atoms with van der Waals surface area (Å²) in [5.41, 5.74) is 10.0. The number of esters is 2. The minimum Gasteiger partial charge on any atom is -0.468 e. The average molecular weight is 735 g/mol. The van der Waals surface area contributed by atoms with E-state index in [0.29, 0.717) is 51.5 Å². The largest absolute Gasteiger partial charge is 0.468 e. The van der Waals surface area contributed by atoms with Crippen LogP contribution in [-0.4, -0.2) is 58.7 Å². The molecule has 0 amide bonds. The van der Waals surface area contributed by atoms with Crippen LogP contribution >= 0.6 is 0 Å². The summed E-state index contributed by atoms with van der Waals surface area (Å²) in [7, 11) is 1.30. The fourth-order valence-electron chi connectivity index (χ4n) is 8.62. The van der Waals surface area contributed by atoms with Crippen molar-refractivity contribution in [3.63, 3.8) is 0 Å². The van der Waals surface area contributed by atoms with Crippen molar-refractivity contribution in [3.05, 3.63) is 89.1 Å². The van der Waals surface area contributed by atoms with Crippen molar-refractivity contribution < 1.29 is 28.7 Å². The summed E-state index contributed by atoms with van der Waals surface area (Å²) in [6.07, 6.45) is 15.4. The fraction of sp³-hybridized carbons (Fsp3) is 0.455. The maximum absolute atomic E-state index is 14.3. The maximum Gasteiger partial charge on any atom is 0.320 e. The molecule has 0 saturated heterocycles. The molecule has 0 aromatic carbocycles. The highest BCUT2D eigenvalue weighted by atomic mass is 16.5. The molecule has 1 unspecified atom stereocenters. The number of allylic oxidation sites excluding steroid dienone is 2. The number of methoxy groups -OCH3 is 1. The molecule has 5 heterocycles. The Morgan fingerprint density at radius 3 is 2.28 bits per heavy atom. The number of unbranched alkanes of at least 4 members (excludes halogenated alkanes) is 2. The number of rotatable bonds is 13. The standard InChI is InChI=1S/C44H54N4O6/c1-9-12-13-14-23(4)17-18-54-37(50)16-15-29-25(6)32-19-31-24(5)27(10-2)34(45-31)21-36-30(22-49)28(11-3)35(46-36)20-33-26(7)38-42(48-33)39(41(29)47-32)40(43(38)51)44(52)53-8/h17,19-22,29,40-41,45-48H,9-16,18H2,1-8H3/b23-17+,31-19-,33-20-,34-21-/t29-,40+,41?/m0/s1. The van der Waals surface area contributed by atoms with Gasteiger partial charge in [0, 0.05) is 50.9 Å². The second-order valence-corrected chi connectivity index (χ2v) is 14.9. The van der Waals surface area contributed by atoms with E-state index < -0.39 is 17.9 Å². The zero-order chi connectivity index (χ0) is 38.8. The van der Waals surface area contributed by atoms with Crippen LogP contribution in [0.25, 0.3) is 23.8 Å². The molecule has 0 spiro atoms. The summed E-state index contributed by atoms with van der Waals surface area (Å²) in [4.78, 5) is 64.2. The van der Waals surface area contributed by atoms with E-state index in [4.69, 9.17) is 9.47 Å². The van der Waals surface area contributed by atoms with Crippen LogP contribution in [0.3, 0.4) is 0 Å². The number of Topliss-reactive ketones (excluding diaryl/α,β-unsaturated/α-hetero) is 1.